The zero-order chi connectivity index (χ0) is 23.0. The van der Waals surface area contributed by atoms with Crippen LogP contribution in [0.4, 0.5) is 5.00 Å². The average molecular weight is 470 g/mol. The maximum absolute atomic E-state index is 13.1. The molecule has 0 saturated heterocycles. The molecule has 0 spiro atoms. The van der Waals surface area contributed by atoms with Gasteiger partial charge in [-0.2, -0.15) is 5.10 Å². The van der Waals surface area contributed by atoms with Crippen molar-refractivity contribution >= 4 is 51.1 Å². The van der Waals surface area contributed by atoms with Crippen LogP contribution in [0.15, 0.2) is 36.0 Å². The van der Waals surface area contributed by atoms with Crippen molar-refractivity contribution < 1.29 is 19.1 Å². The number of rotatable bonds is 6. The third-order valence-corrected chi connectivity index (χ3v) is 6.68. The smallest absolute Gasteiger partial charge is 0.341 e. The zero-order valence-electron chi connectivity index (χ0n) is 17.4. The molecule has 3 N–H and O–H groups in total. The summed E-state index contributed by atoms with van der Waals surface area (Å²) in [5, 5.41) is 9.16. The van der Waals surface area contributed by atoms with E-state index in [2.05, 4.69) is 15.4 Å². The molecule has 0 radical (unpaired) electrons. The topological polar surface area (TPSA) is 129 Å². The second-order valence-electron chi connectivity index (χ2n) is 7.13. The first-order valence-electron chi connectivity index (χ1n) is 9.60. The number of carbonyl (C=O) groups excluding carboxylic acids is 3. The van der Waals surface area contributed by atoms with E-state index in [9.17, 15) is 14.4 Å². The number of anilines is 1. The van der Waals surface area contributed by atoms with E-state index in [0.29, 0.717) is 11.2 Å². The fourth-order valence-corrected chi connectivity index (χ4v) is 4.97. The van der Waals surface area contributed by atoms with Crippen LogP contribution in [0.2, 0.25) is 0 Å². The van der Waals surface area contributed by atoms with Crippen molar-refractivity contribution in [2.45, 2.75) is 26.9 Å². The molecule has 11 heteroatoms. The molecule has 4 heterocycles. The predicted molar refractivity (Wildman–Crippen MR) is 122 cm³/mol. The number of carbonyl (C=O) groups is 3. The third kappa shape index (κ3) is 3.87. The molecule has 2 amide bonds. The molecule has 0 aromatic carbocycles. The van der Waals surface area contributed by atoms with Crippen LogP contribution in [0, 0.1) is 6.92 Å². The number of nitrogens with zero attached hydrogens (tertiary/aromatic N) is 3. The number of ether oxygens (including phenoxy) is 1. The Morgan fingerprint density at radius 2 is 2.03 bits per heavy atom. The van der Waals surface area contributed by atoms with Gasteiger partial charge in [0.05, 0.1) is 33.3 Å². The van der Waals surface area contributed by atoms with Crippen LogP contribution < -0.4 is 11.1 Å². The molecule has 0 aliphatic rings. The maximum Gasteiger partial charge on any atom is 0.341 e. The standard InChI is InChI=1S/C21H19N5O4S2/c1-10(2)30-21(29)15-11(3)16(17(22)27)32-20(15)25-19(28)12-9-24-26-13(6-7-23-18(12)26)14-5-4-8-31-14/h4-10H,1-3H3,(H2,22,27)(H,25,28). The Morgan fingerprint density at radius 1 is 1.25 bits per heavy atom. The lowest BCUT2D eigenvalue weighted by atomic mass is 10.1. The largest absolute Gasteiger partial charge is 0.459 e. The number of hydrogen-bond donors (Lipinski definition) is 2. The van der Waals surface area contributed by atoms with Crippen LogP contribution in [-0.4, -0.2) is 38.5 Å². The number of aromatic nitrogens is 3. The van der Waals surface area contributed by atoms with Gasteiger partial charge in [0.25, 0.3) is 11.8 Å². The van der Waals surface area contributed by atoms with Crippen molar-refractivity contribution in [3.63, 3.8) is 0 Å². The number of thiophene rings is 2. The van der Waals surface area contributed by atoms with Gasteiger partial charge in [-0.1, -0.05) is 6.07 Å². The summed E-state index contributed by atoms with van der Waals surface area (Å²) in [5.74, 6) is -1.86. The lowest BCUT2D eigenvalue weighted by molar-refractivity contribution is 0.0379. The minimum atomic E-state index is -0.690. The Morgan fingerprint density at radius 3 is 2.69 bits per heavy atom. The Hall–Kier alpha value is -3.57. The molecule has 164 valence electrons. The molecule has 9 nitrogen and oxygen atoms in total. The van der Waals surface area contributed by atoms with Crippen molar-refractivity contribution in [1.29, 1.82) is 0 Å². The van der Waals surface area contributed by atoms with E-state index in [1.807, 2.05) is 23.6 Å². The van der Waals surface area contributed by atoms with E-state index < -0.39 is 17.8 Å². The molecule has 0 unspecified atom stereocenters. The van der Waals surface area contributed by atoms with Gasteiger partial charge in [-0.25, -0.2) is 14.3 Å². The van der Waals surface area contributed by atoms with E-state index in [0.717, 1.165) is 21.9 Å². The quantitative estimate of drug-likeness (QED) is 0.414. The van der Waals surface area contributed by atoms with Crippen molar-refractivity contribution in [2.24, 2.45) is 5.73 Å². The minimum absolute atomic E-state index is 0.106. The summed E-state index contributed by atoms with van der Waals surface area (Å²) in [6.45, 7) is 5.01. The molecule has 0 fully saturated rings. The molecule has 4 aromatic heterocycles. The monoisotopic (exact) mass is 469 g/mol. The van der Waals surface area contributed by atoms with Crippen LogP contribution in [0.1, 0.15) is 49.8 Å². The van der Waals surface area contributed by atoms with E-state index in [1.54, 1.807) is 42.8 Å². The van der Waals surface area contributed by atoms with Gasteiger partial charge < -0.3 is 15.8 Å². The molecule has 0 atom stereocenters. The van der Waals surface area contributed by atoms with Crippen molar-refractivity contribution in [3.8, 4) is 10.6 Å². The van der Waals surface area contributed by atoms with Crippen LogP contribution in [0.3, 0.4) is 0 Å². The van der Waals surface area contributed by atoms with E-state index in [1.165, 1.54) is 6.20 Å². The van der Waals surface area contributed by atoms with Crippen LogP contribution in [0.25, 0.3) is 16.2 Å². The molecule has 32 heavy (non-hydrogen) atoms. The lowest BCUT2D eigenvalue weighted by Gasteiger charge is -2.10. The molecule has 0 saturated carbocycles. The Kier molecular flexibility index (Phi) is 5.76. The number of nitrogens with two attached hydrogens (primary N) is 1. The first-order chi connectivity index (χ1) is 15.3. The van der Waals surface area contributed by atoms with E-state index in [4.69, 9.17) is 10.5 Å². The highest BCUT2D eigenvalue weighted by Gasteiger charge is 2.27. The van der Waals surface area contributed by atoms with E-state index >= 15 is 0 Å². The highest BCUT2D eigenvalue weighted by Crippen LogP contribution is 2.34. The average Bonchev–Trinajstić information content (AvgIpc) is 3.45. The third-order valence-electron chi connectivity index (χ3n) is 4.56. The van der Waals surface area contributed by atoms with Crippen LogP contribution >= 0.6 is 22.7 Å². The molecular weight excluding hydrogens is 450 g/mol. The summed E-state index contributed by atoms with van der Waals surface area (Å²) >= 11 is 2.47. The van der Waals surface area contributed by atoms with Gasteiger partial charge in [0.2, 0.25) is 0 Å². The number of esters is 1. The second kappa shape index (κ2) is 8.52. The van der Waals surface area contributed by atoms with Crippen LogP contribution in [-0.2, 0) is 4.74 Å². The summed E-state index contributed by atoms with van der Waals surface area (Å²) < 4.78 is 6.87. The normalized spacial score (nSPS) is 11.1. The lowest BCUT2D eigenvalue weighted by Crippen LogP contribution is -2.17. The van der Waals surface area contributed by atoms with Crippen LogP contribution in [0.5, 0.6) is 0 Å². The number of nitrogens with one attached hydrogen (secondary N) is 1. The van der Waals surface area contributed by atoms with Gasteiger partial charge in [0.15, 0.2) is 5.65 Å². The van der Waals surface area contributed by atoms with Gasteiger partial charge >= 0.3 is 5.97 Å². The molecule has 4 rings (SSSR count). The Labute approximate surface area is 190 Å². The minimum Gasteiger partial charge on any atom is -0.459 e. The summed E-state index contributed by atoms with van der Waals surface area (Å²) in [5.41, 5.74) is 7.30. The summed E-state index contributed by atoms with van der Waals surface area (Å²) in [7, 11) is 0. The maximum atomic E-state index is 13.1. The zero-order valence-corrected chi connectivity index (χ0v) is 19.0. The molecule has 0 aliphatic carbocycles. The van der Waals surface area contributed by atoms with Crippen molar-refractivity contribution in [1.82, 2.24) is 14.6 Å². The van der Waals surface area contributed by atoms with Crippen molar-refractivity contribution in [3.05, 3.63) is 57.5 Å². The predicted octanol–water partition coefficient (Wildman–Crippen LogP) is 3.74. The fraction of sp³-hybridized carbons (Fsp3) is 0.190. The SMILES string of the molecule is Cc1c(C(N)=O)sc(NC(=O)c2cnn3c(-c4cccs4)ccnc23)c1C(=O)OC(C)C. The highest BCUT2D eigenvalue weighted by atomic mass is 32.1. The molecular formula is C21H19N5O4S2. The Bertz CT molecular complexity index is 1340. The second-order valence-corrected chi connectivity index (χ2v) is 9.10. The fourth-order valence-electron chi connectivity index (χ4n) is 3.19. The Balaban J connectivity index is 1.73. The first kappa shape index (κ1) is 21.7. The number of primary amides is 1. The van der Waals surface area contributed by atoms with Gasteiger partial charge in [0.1, 0.15) is 10.6 Å². The van der Waals surface area contributed by atoms with Gasteiger partial charge in [0, 0.05) is 6.20 Å². The summed E-state index contributed by atoms with van der Waals surface area (Å²) in [6.07, 6.45) is 2.65. The van der Waals surface area contributed by atoms with Gasteiger partial charge in [-0.05, 0) is 43.8 Å². The number of amides is 2. The number of hydrogen-bond acceptors (Lipinski definition) is 8. The van der Waals surface area contributed by atoms with Crippen molar-refractivity contribution in [2.75, 3.05) is 5.32 Å². The number of fused-ring (bicyclic) bond motifs is 1. The summed E-state index contributed by atoms with van der Waals surface area (Å²) in [4.78, 5) is 43.0. The molecule has 4 aromatic rings. The molecule has 0 aliphatic heterocycles. The first-order valence-corrected chi connectivity index (χ1v) is 11.3. The molecule has 0 bridgehead atoms. The van der Waals surface area contributed by atoms with Gasteiger partial charge in [-0.15, -0.1) is 22.7 Å². The highest BCUT2D eigenvalue weighted by molar-refractivity contribution is 7.18. The van der Waals surface area contributed by atoms with E-state index in [-0.39, 0.29) is 27.1 Å². The summed E-state index contributed by atoms with van der Waals surface area (Å²) in [6, 6.07) is 5.69. The van der Waals surface area contributed by atoms with Gasteiger partial charge in [-0.3, -0.25) is 9.59 Å².